The van der Waals surface area contributed by atoms with E-state index in [9.17, 15) is 4.79 Å². The Hall–Kier alpha value is -1.17. The fraction of sp³-hybridized carbons (Fsp3) is 0.333. The third-order valence-corrected chi connectivity index (χ3v) is 2.07. The number of aliphatic imine (C=N–C) groups is 1. The highest BCUT2D eigenvalue weighted by Crippen LogP contribution is 2.23. The first-order valence-electron chi connectivity index (χ1n) is 3.35. The smallest absolute Gasteiger partial charge is 0.272 e. The van der Waals surface area contributed by atoms with Gasteiger partial charge < -0.3 is 0 Å². The fourth-order valence-electron chi connectivity index (χ4n) is 1.05. The van der Waals surface area contributed by atoms with Crippen molar-refractivity contribution in [3.63, 3.8) is 0 Å². The Morgan fingerprint density at radius 2 is 2.42 bits per heavy atom. The summed E-state index contributed by atoms with van der Waals surface area (Å²) in [6.45, 7) is 0. The minimum atomic E-state index is -0.380. The van der Waals surface area contributed by atoms with Crippen LogP contribution in [0.5, 0.6) is 0 Å². The summed E-state index contributed by atoms with van der Waals surface area (Å²) < 4.78 is 1.18. The summed E-state index contributed by atoms with van der Waals surface area (Å²) >= 11 is 4.11. The molecule has 1 atom stereocenters. The zero-order valence-electron chi connectivity index (χ0n) is 6.30. The first-order chi connectivity index (χ1) is 5.70. The molecular formula is C6H6N4OS. The molecule has 1 aromatic rings. The van der Waals surface area contributed by atoms with Crippen LogP contribution in [0.4, 0.5) is 0 Å². The zero-order valence-corrected chi connectivity index (χ0v) is 7.19. The lowest BCUT2D eigenvalue weighted by Crippen LogP contribution is -2.25. The number of nitrogens with zero attached hydrogens (tertiary/aromatic N) is 4. The summed E-state index contributed by atoms with van der Waals surface area (Å²) in [5.74, 6) is 0. The normalized spacial score (nSPS) is 19.7. The summed E-state index contributed by atoms with van der Waals surface area (Å²) in [5.41, 5.74) is 0.853. The molecule has 0 saturated carbocycles. The second-order valence-corrected chi connectivity index (χ2v) is 2.96. The van der Waals surface area contributed by atoms with Gasteiger partial charge in [-0.3, -0.25) is 9.79 Å². The van der Waals surface area contributed by atoms with Crippen molar-refractivity contribution < 1.29 is 0 Å². The molecule has 0 fully saturated rings. The number of hydrogen-bond acceptors (Lipinski definition) is 5. The highest BCUT2D eigenvalue weighted by atomic mass is 32.1. The van der Waals surface area contributed by atoms with E-state index in [2.05, 4.69) is 27.9 Å². The predicted molar refractivity (Wildman–Crippen MR) is 46.6 cm³/mol. The Bertz CT molecular complexity index is 410. The molecule has 2 rings (SSSR count). The average molecular weight is 182 g/mol. The largest absolute Gasteiger partial charge is 0.276 e. The number of aryl methyl sites for hydroxylation is 1. The first-order valence-corrected chi connectivity index (χ1v) is 3.87. The quantitative estimate of drug-likeness (QED) is 0.552. The Morgan fingerprint density at radius 3 is 3.17 bits per heavy atom. The van der Waals surface area contributed by atoms with Crippen molar-refractivity contribution in [2.75, 3.05) is 0 Å². The molecule has 1 aromatic heterocycles. The van der Waals surface area contributed by atoms with Crippen LogP contribution in [0.1, 0.15) is 16.6 Å². The van der Waals surface area contributed by atoms with E-state index in [-0.39, 0.29) is 10.9 Å². The maximum Gasteiger partial charge on any atom is 0.276 e. The van der Waals surface area contributed by atoms with Gasteiger partial charge in [0.1, 0.15) is 11.1 Å². The van der Waals surface area contributed by atoms with Gasteiger partial charge in [-0.15, -0.1) is 17.7 Å². The maximum absolute atomic E-state index is 11.4. The van der Waals surface area contributed by atoms with Gasteiger partial charge in [-0.2, -0.15) is 0 Å². The summed E-state index contributed by atoms with van der Waals surface area (Å²) in [6.07, 6.45) is 1.52. The Morgan fingerprint density at radius 1 is 1.67 bits per heavy atom. The highest BCUT2D eigenvalue weighted by molar-refractivity contribution is 7.80. The van der Waals surface area contributed by atoms with E-state index in [1.54, 1.807) is 7.05 Å². The Kier molecular flexibility index (Phi) is 1.50. The topological polar surface area (TPSA) is 60.1 Å². The average Bonchev–Trinajstić information content (AvgIpc) is 2.41. The van der Waals surface area contributed by atoms with Crippen LogP contribution in [0.2, 0.25) is 0 Å². The second kappa shape index (κ2) is 2.41. The molecule has 0 amide bonds. The molecule has 2 heterocycles. The van der Waals surface area contributed by atoms with Gasteiger partial charge in [-0.25, -0.2) is 4.68 Å². The monoisotopic (exact) mass is 182 g/mol. The SMILES string of the molecule is Cn1nnc2c(c1=O)C(S)N=C2. The van der Waals surface area contributed by atoms with Gasteiger partial charge in [0.25, 0.3) is 5.56 Å². The van der Waals surface area contributed by atoms with Crippen LogP contribution in [0.25, 0.3) is 0 Å². The van der Waals surface area contributed by atoms with Gasteiger partial charge in [0.05, 0.1) is 11.8 Å². The van der Waals surface area contributed by atoms with E-state index in [0.717, 1.165) is 0 Å². The Balaban J connectivity index is 2.76. The standard InChI is InChI=1S/C6H6N4OS/c1-10-6(11)4-3(8-9-10)2-7-5(4)12/h2,5,12H,1H3. The van der Waals surface area contributed by atoms with Crippen LogP contribution in [0.3, 0.4) is 0 Å². The van der Waals surface area contributed by atoms with E-state index in [1.165, 1.54) is 10.9 Å². The zero-order chi connectivity index (χ0) is 8.72. The van der Waals surface area contributed by atoms with Crippen molar-refractivity contribution in [1.29, 1.82) is 0 Å². The molecule has 0 spiro atoms. The van der Waals surface area contributed by atoms with Crippen LogP contribution in [-0.2, 0) is 7.05 Å². The van der Waals surface area contributed by atoms with Gasteiger partial charge in [-0.1, -0.05) is 5.21 Å². The van der Waals surface area contributed by atoms with E-state index in [1.807, 2.05) is 0 Å². The van der Waals surface area contributed by atoms with Crippen LogP contribution >= 0.6 is 12.6 Å². The summed E-state index contributed by atoms with van der Waals surface area (Å²) in [4.78, 5) is 15.3. The van der Waals surface area contributed by atoms with Gasteiger partial charge in [0, 0.05) is 7.05 Å². The van der Waals surface area contributed by atoms with Crippen molar-refractivity contribution in [2.24, 2.45) is 12.0 Å². The van der Waals surface area contributed by atoms with Crippen molar-refractivity contribution in [3.8, 4) is 0 Å². The number of aromatic nitrogens is 3. The molecule has 12 heavy (non-hydrogen) atoms. The van der Waals surface area contributed by atoms with Gasteiger partial charge >= 0.3 is 0 Å². The Labute approximate surface area is 73.5 Å². The highest BCUT2D eigenvalue weighted by Gasteiger charge is 2.21. The van der Waals surface area contributed by atoms with E-state index >= 15 is 0 Å². The third kappa shape index (κ3) is 0.878. The van der Waals surface area contributed by atoms with Crippen molar-refractivity contribution in [2.45, 2.75) is 5.37 Å². The first kappa shape index (κ1) is 7.48. The molecule has 0 saturated heterocycles. The molecule has 62 valence electrons. The number of fused-ring (bicyclic) bond motifs is 1. The van der Waals surface area contributed by atoms with Crippen LogP contribution in [-0.4, -0.2) is 21.2 Å². The van der Waals surface area contributed by atoms with Crippen molar-refractivity contribution in [3.05, 3.63) is 21.6 Å². The van der Waals surface area contributed by atoms with E-state index < -0.39 is 0 Å². The van der Waals surface area contributed by atoms with Crippen LogP contribution in [0.15, 0.2) is 9.79 Å². The lowest BCUT2D eigenvalue weighted by atomic mass is 10.3. The molecule has 0 bridgehead atoms. The molecular weight excluding hydrogens is 176 g/mol. The molecule has 0 N–H and O–H groups in total. The summed E-state index contributed by atoms with van der Waals surface area (Å²) in [7, 11) is 1.55. The minimum Gasteiger partial charge on any atom is -0.272 e. The second-order valence-electron chi connectivity index (χ2n) is 2.47. The number of hydrogen-bond donors (Lipinski definition) is 1. The lowest BCUT2D eigenvalue weighted by Gasteiger charge is -2.00. The van der Waals surface area contributed by atoms with Crippen LogP contribution < -0.4 is 5.56 Å². The predicted octanol–water partition coefficient (Wildman–Crippen LogP) is -0.464. The molecule has 6 heteroatoms. The molecule has 1 aliphatic rings. The maximum atomic E-state index is 11.4. The van der Waals surface area contributed by atoms with Crippen LogP contribution in [0, 0.1) is 0 Å². The molecule has 0 aromatic carbocycles. The van der Waals surface area contributed by atoms with E-state index in [0.29, 0.717) is 11.3 Å². The molecule has 0 aliphatic carbocycles. The van der Waals surface area contributed by atoms with Gasteiger partial charge in [-0.05, 0) is 0 Å². The lowest BCUT2D eigenvalue weighted by molar-refractivity contribution is 0.628. The van der Waals surface area contributed by atoms with Crippen molar-refractivity contribution in [1.82, 2.24) is 15.0 Å². The van der Waals surface area contributed by atoms with Crippen molar-refractivity contribution >= 4 is 18.8 Å². The van der Waals surface area contributed by atoms with Gasteiger partial charge in [0.15, 0.2) is 0 Å². The third-order valence-electron chi connectivity index (χ3n) is 1.68. The number of thiol groups is 1. The molecule has 1 unspecified atom stereocenters. The minimum absolute atomic E-state index is 0.183. The fourth-order valence-corrected chi connectivity index (χ4v) is 1.36. The molecule has 0 radical (unpaired) electrons. The van der Waals surface area contributed by atoms with Gasteiger partial charge in [0.2, 0.25) is 0 Å². The summed E-state index contributed by atoms with van der Waals surface area (Å²) in [6, 6.07) is 0. The summed E-state index contributed by atoms with van der Waals surface area (Å²) in [5, 5.41) is 7.02. The number of rotatable bonds is 0. The molecule has 1 aliphatic heterocycles. The molecule has 5 nitrogen and oxygen atoms in total. The van der Waals surface area contributed by atoms with E-state index in [4.69, 9.17) is 0 Å².